The van der Waals surface area contributed by atoms with Gasteiger partial charge in [-0.2, -0.15) is 0 Å². The minimum absolute atomic E-state index is 0.0584. The molecule has 3 aromatic carbocycles. The van der Waals surface area contributed by atoms with Gasteiger partial charge < -0.3 is 10.1 Å². The van der Waals surface area contributed by atoms with Gasteiger partial charge in [-0.05, 0) is 66.9 Å². The predicted molar refractivity (Wildman–Crippen MR) is 123 cm³/mol. The van der Waals surface area contributed by atoms with Crippen LogP contribution < -0.4 is 15.0 Å². The van der Waals surface area contributed by atoms with Crippen molar-refractivity contribution >= 4 is 40.4 Å². The average Bonchev–Trinajstić information content (AvgIpc) is 3.00. The summed E-state index contributed by atoms with van der Waals surface area (Å²) in [5.74, 6) is -1.02. The zero-order valence-electron chi connectivity index (χ0n) is 17.7. The zero-order chi connectivity index (χ0) is 23.0. The molecule has 162 valence electrons. The first-order valence-corrected chi connectivity index (χ1v) is 10.2. The molecule has 0 aromatic heterocycles. The second-order valence-electron chi connectivity index (χ2n) is 7.46. The van der Waals surface area contributed by atoms with Crippen LogP contribution in [-0.4, -0.2) is 18.9 Å². The Balaban J connectivity index is 1.88. The first kappa shape index (κ1) is 21.6. The highest BCUT2D eigenvalue weighted by atomic mass is 35.5. The van der Waals surface area contributed by atoms with Gasteiger partial charge in [0.25, 0.3) is 11.8 Å². The molecule has 0 spiro atoms. The quantitative estimate of drug-likeness (QED) is 0.521. The van der Waals surface area contributed by atoms with Gasteiger partial charge in [0.05, 0.1) is 24.1 Å². The summed E-state index contributed by atoms with van der Waals surface area (Å²) in [6.45, 7) is 3.72. The molecule has 0 saturated carbocycles. The molecule has 1 heterocycles. The Hall–Kier alpha value is -3.64. The highest BCUT2D eigenvalue weighted by Gasteiger charge is 2.41. The molecule has 1 N–H and O–H groups in total. The highest BCUT2D eigenvalue weighted by Crippen LogP contribution is 2.37. The number of carbonyl (C=O) groups excluding carboxylic acids is 2. The fourth-order valence-electron chi connectivity index (χ4n) is 3.62. The minimum Gasteiger partial charge on any atom is -0.495 e. The number of carbonyl (C=O) groups is 2. The first-order chi connectivity index (χ1) is 15.3. The summed E-state index contributed by atoms with van der Waals surface area (Å²) < 4.78 is 18.9. The van der Waals surface area contributed by atoms with Crippen LogP contribution in [0.4, 0.5) is 15.8 Å². The molecule has 5 nitrogen and oxygen atoms in total. The van der Waals surface area contributed by atoms with Crippen molar-refractivity contribution < 1.29 is 18.7 Å². The molecule has 7 heteroatoms. The monoisotopic (exact) mass is 450 g/mol. The van der Waals surface area contributed by atoms with Crippen molar-refractivity contribution in [2.45, 2.75) is 13.8 Å². The largest absolute Gasteiger partial charge is 0.495 e. The van der Waals surface area contributed by atoms with E-state index in [-0.39, 0.29) is 11.3 Å². The van der Waals surface area contributed by atoms with E-state index in [2.05, 4.69) is 5.32 Å². The molecule has 3 aromatic rings. The summed E-state index contributed by atoms with van der Waals surface area (Å²) in [4.78, 5) is 28.2. The number of methoxy groups -OCH3 is 1. The maximum absolute atomic E-state index is 13.6. The fraction of sp³-hybridized carbons (Fsp3) is 0.120. The summed E-state index contributed by atoms with van der Waals surface area (Å²) in [6, 6.07) is 15.9. The van der Waals surface area contributed by atoms with Crippen LogP contribution in [0.1, 0.15) is 16.7 Å². The molecule has 1 aliphatic heterocycles. The van der Waals surface area contributed by atoms with E-state index in [1.807, 2.05) is 26.0 Å². The van der Waals surface area contributed by atoms with Gasteiger partial charge in [-0.3, -0.25) is 9.59 Å². The molecule has 2 amide bonds. The van der Waals surface area contributed by atoms with Crippen LogP contribution in [0.2, 0.25) is 5.02 Å². The predicted octanol–water partition coefficient (Wildman–Crippen LogP) is 5.50. The molecule has 0 radical (unpaired) electrons. The maximum atomic E-state index is 13.6. The van der Waals surface area contributed by atoms with Gasteiger partial charge in [-0.15, -0.1) is 0 Å². The van der Waals surface area contributed by atoms with E-state index in [9.17, 15) is 14.0 Å². The van der Waals surface area contributed by atoms with E-state index in [0.29, 0.717) is 27.7 Å². The van der Waals surface area contributed by atoms with E-state index in [4.69, 9.17) is 16.3 Å². The summed E-state index contributed by atoms with van der Waals surface area (Å²) >= 11 is 6.14. The maximum Gasteiger partial charge on any atom is 0.282 e. The third-order valence-corrected chi connectivity index (χ3v) is 5.48. The molecule has 0 fully saturated rings. The van der Waals surface area contributed by atoms with E-state index in [0.717, 1.165) is 16.0 Å². The van der Waals surface area contributed by atoms with Gasteiger partial charge >= 0.3 is 0 Å². The number of nitrogens with zero attached hydrogens (tertiary/aromatic N) is 1. The Kier molecular flexibility index (Phi) is 5.72. The number of nitrogens with one attached hydrogen (secondary N) is 1. The Morgan fingerprint density at radius 1 is 0.938 bits per heavy atom. The van der Waals surface area contributed by atoms with E-state index in [1.165, 1.54) is 31.4 Å². The Morgan fingerprint density at radius 2 is 1.66 bits per heavy atom. The van der Waals surface area contributed by atoms with Crippen molar-refractivity contribution in [3.63, 3.8) is 0 Å². The number of hydrogen-bond donors (Lipinski definition) is 1. The van der Waals surface area contributed by atoms with Crippen LogP contribution in [0, 0.1) is 19.7 Å². The van der Waals surface area contributed by atoms with Gasteiger partial charge in [0.1, 0.15) is 17.3 Å². The zero-order valence-corrected chi connectivity index (χ0v) is 18.5. The second kappa shape index (κ2) is 8.48. The second-order valence-corrected chi connectivity index (χ2v) is 7.90. The van der Waals surface area contributed by atoms with Crippen molar-refractivity contribution in [3.05, 3.63) is 93.9 Å². The molecule has 0 unspecified atom stereocenters. The summed E-state index contributed by atoms with van der Waals surface area (Å²) in [7, 11) is 1.49. The van der Waals surface area contributed by atoms with Gasteiger partial charge in [0.2, 0.25) is 0 Å². The van der Waals surface area contributed by atoms with Crippen LogP contribution in [-0.2, 0) is 9.59 Å². The Morgan fingerprint density at radius 3 is 2.34 bits per heavy atom. The summed E-state index contributed by atoms with van der Waals surface area (Å²) in [5.41, 5.74) is 3.22. The van der Waals surface area contributed by atoms with Gasteiger partial charge in [0.15, 0.2) is 0 Å². The summed E-state index contributed by atoms with van der Waals surface area (Å²) in [5, 5.41) is 3.47. The SMILES string of the molecule is COc1ccc(Cl)cc1NC1=C(c2ccc(F)cc2)C(=O)N(c2cc(C)ccc2C)C1=O. The van der Waals surface area contributed by atoms with Gasteiger partial charge in [-0.25, -0.2) is 9.29 Å². The molecular formula is C25H20ClFN2O3. The normalized spacial score (nSPS) is 13.7. The first-order valence-electron chi connectivity index (χ1n) is 9.87. The van der Waals surface area contributed by atoms with E-state index >= 15 is 0 Å². The topological polar surface area (TPSA) is 58.6 Å². The van der Waals surface area contributed by atoms with E-state index < -0.39 is 17.6 Å². The third-order valence-electron chi connectivity index (χ3n) is 5.24. The van der Waals surface area contributed by atoms with Crippen LogP contribution in [0.3, 0.4) is 0 Å². The average molecular weight is 451 g/mol. The Labute approximate surface area is 190 Å². The lowest BCUT2D eigenvalue weighted by Crippen LogP contribution is -2.33. The molecule has 4 rings (SSSR count). The van der Waals surface area contributed by atoms with Crippen LogP contribution in [0.25, 0.3) is 5.57 Å². The smallest absolute Gasteiger partial charge is 0.282 e. The molecule has 0 bridgehead atoms. The lowest BCUT2D eigenvalue weighted by Gasteiger charge is -2.19. The number of anilines is 2. The van der Waals surface area contributed by atoms with Gasteiger partial charge in [0, 0.05) is 5.02 Å². The summed E-state index contributed by atoms with van der Waals surface area (Å²) in [6.07, 6.45) is 0. The molecule has 0 atom stereocenters. The highest BCUT2D eigenvalue weighted by molar-refractivity contribution is 6.46. The Bertz CT molecular complexity index is 1270. The van der Waals surface area contributed by atoms with E-state index in [1.54, 1.807) is 24.3 Å². The van der Waals surface area contributed by atoms with Crippen LogP contribution in [0.5, 0.6) is 5.75 Å². The number of halogens is 2. The number of amides is 2. The number of ether oxygens (including phenoxy) is 1. The number of aryl methyl sites for hydroxylation is 2. The van der Waals surface area contributed by atoms with Crippen molar-refractivity contribution in [3.8, 4) is 5.75 Å². The third kappa shape index (κ3) is 3.85. The standard InChI is InChI=1S/C25H20ClFN2O3/c1-14-4-5-15(2)20(12-14)29-24(30)22(16-6-9-18(27)10-7-16)23(25(29)31)28-19-13-17(26)8-11-21(19)32-3/h4-13,28H,1-3H3. The van der Waals surface area contributed by atoms with Gasteiger partial charge in [-0.1, -0.05) is 35.9 Å². The van der Waals surface area contributed by atoms with Crippen LogP contribution >= 0.6 is 11.6 Å². The fourth-order valence-corrected chi connectivity index (χ4v) is 3.79. The number of benzene rings is 3. The van der Waals surface area contributed by atoms with Crippen molar-refractivity contribution in [2.24, 2.45) is 0 Å². The number of rotatable bonds is 5. The number of hydrogen-bond acceptors (Lipinski definition) is 4. The van der Waals surface area contributed by atoms with Crippen molar-refractivity contribution in [1.82, 2.24) is 0 Å². The molecule has 0 saturated heterocycles. The molecule has 1 aliphatic rings. The molecule has 32 heavy (non-hydrogen) atoms. The molecule has 0 aliphatic carbocycles. The van der Waals surface area contributed by atoms with Crippen molar-refractivity contribution in [1.29, 1.82) is 0 Å². The number of imide groups is 1. The lowest BCUT2D eigenvalue weighted by atomic mass is 10.0. The molecular weight excluding hydrogens is 431 g/mol. The lowest BCUT2D eigenvalue weighted by molar-refractivity contribution is -0.120. The van der Waals surface area contributed by atoms with Crippen molar-refractivity contribution in [2.75, 3.05) is 17.3 Å². The minimum atomic E-state index is -0.523. The van der Waals surface area contributed by atoms with Crippen LogP contribution in [0.15, 0.2) is 66.4 Å².